The molecule has 4 rings (SSSR count). The van der Waals surface area contributed by atoms with Crippen LogP contribution in [0.3, 0.4) is 0 Å². The number of aryl methyl sites for hydroxylation is 2. The highest BCUT2D eigenvalue weighted by Crippen LogP contribution is 2.25. The number of fused-ring (bicyclic) bond motifs is 1. The van der Waals surface area contributed by atoms with Crippen LogP contribution in [0.25, 0.3) is 11.3 Å². The molecule has 3 aromatic rings. The van der Waals surface area contributed by atoms with Gasteiger partial charge in [0, 0.05) is 17.4 Å². The topological polar surface area (TPSA) is 42.0 Å². The highest BCUT2D eigenvalue weighted by molar-refractivity contribution is 6.04. The normalized spacial score (nSPS) is 12.7. The van der Waals surface area contributed by atoms with E-state index >= 15 is 0 Å². The zero-order valence-corrected chi connectivity index (χ0v) is 13.6. The summed E-state index contributed by atoms with van der Waals surface area (Å²) >= 11 is 0. The number of carbonyl (C=O) groups excluding carboxylic acids is 1. The molecule has 25 heavy (non-hydrogen) atoms. The quantitative estimate of drug-likeness (QED) is 0.760. The van der Waals surface area contributed by atoms with Gasteiger partial charge in [-0.25, -0.2) is 4.39 Å². The first-order valence-corrected chi connectivity index (χ1v) is 8.35. The number of nitrogens with one attached hydrogen (secondary N) is 1. The minimum absolute atomic E-state index is 0.217. The molecule has 1 heterocycles. The fourth-order valence-corrected chi connectivity index (χ4v) is 3.21. The van der Waals surface area contributed by atoms with Crippen molar-refractivity contribution in [2.75, 3.05) is 5.32 Å². The van der Waals surface area contributed by atoms with E-state index in [-0.39, 0.29) is 11.7 Å². The lowest BCUT2D eigenvalue weighted by molar-refractivity contribution is 0.102. The van der Waals surface area contributed by atoms with E-state index in [1.165, 1.54) is 29.8 Å². The summed E-state index contributed by atoms with van der Waals surface area (Å²) in [6.07, 6.45) is 4.83. The van der Waals surface area contributed by atoms with Gasteiger partial charge in [0.05, 0.1) is 11.3 Å². The zero-order valence-electron chi connectivity index (χ0n) is 13.6. The van der Waals surface area contributed by atoms with E-state index in [0.717, 1.165) is 18.5 Å². The first-order chi connectivity index (χ1) is 12.2. The first kappa shape index (κ1) is 15.5. The second-order valence-electron chi connectivity index (χ2n) is 6.20. The Morgan fingerprint density at radius 3 is 2.64 bits per heavy atom. The van der Waals surface area contributed by atoms with Crippen LogP contribution in [0.4, 0.5) is 10.1 Å². The summed E-state index contributed by atoms with van der Waals surface area (Å²) in [4.78, 5) is 16.6. The van der Waals surface area contributed by atoms with E-state index in [1.807, 2.05) is 12.1 Å². The summed E-state index contributed by atoms with van der Waals surface area (Å²) in [6.45, 7) is 0. The van der Waals surface area contributed by atoms with E-state index in [0.29, 0.717) is 16.8 Å². The molecular formula is C21H17FN2O. The molecule has 0 aliphatic heterocycles. The minimum Gasteiger partial charge on any atom is -0.322 e. The van der Waals surface area contributed by atoms with Crippen LogP contribution in [0.5, 0.6) is 0 Å². The Bertz CT molecular complexity index is 935. The van der Waals surface area contributed by atoms with Gasteiger partial charge in [-0.2, -0.15) is 0 Å². The summed E-state index contributed by atoms with van der Waals surface area (Å²) in [5, 5.41) is 2.91. The zero-order chi connectivity index (χ0) is 17.2. The summed E-state index contributed by atoms with van der Waals surface area (Å²) in [6, 6.07) is 15.8. The molecular weight excluding hydrogens is 315 g/mol. The number of pyridine rings is 1. The maximum Gasteiger partial charge on any atom is 0.257 e. The molecule has 3 nitrogen and oxygen atoms in total. The van der Waals surface area contributed by atoms with Crippen molar-refractivity contribution in [1.82, 2.24) is 4.98 Å². The van der Waals surface area contributed by atoms with Crippen LogP contribution >= 0.6 is 0 Å². The van der Waals surface area contributed by atoms with Gasteiger partial charge in [0.1, 0.15) is 5.82 Å². The van der Waals surface area contributed by atoms with Gasteiger partial charge in [0.2, 0.25) is 0 Å². The molecule has 0 saturated heterocycles. The van der Waals surface area contributed by atoms with Crippen molar-refractivity contribution in [2.45, 2.75) is 19.3 Å². The smallest absolute Gasteiger partial charge is 0.257 e. The third-order valence-corrected chi connectivity index (χ3v) is 4.53. The SMILES string of the molecule is O=C(Nc1ccc2c(c1)CCC2)c1ccc(-c2ccccc2F)nc1. The highest BCUT2D eigenvalue weighted by atomic mass is 19.1. The van der Waals surface area contributed by atoms with Crippen molar-refractivity contribution in [1.29, 1.82) is 0 Å². The van der Waals surface area contributed by atoms with Crippen molar-refractivity contribution in [3.8, 4) is 11.3 Å². The number of carbonyl (C=O) groups is 1. The van der Waals surface area contributed by atoms with Crippen molar-refractivity contribution >= 4 is 11.6 Å². The average Bonchev–Trinajstić information content (AvgIpc) is 3.10. The van der Waals surface area contributed by atoms with Gasteiger partial charge in [-0.05, 0) is 66.8 Å². The summed E-state index contributed by atoms with van der Waals surface area (Å²) in [5.74, 6) is -0.545. The second kappa shape index (κ2) is 6.48. The van der Waals surface area contributed by atoms with Crippen molar-refractivity contribution in [2.24, 2.45) is 0 Å². The van der Waals surface area contributed by atoms with Crippen LogP contribution in [0, 0.1) is 5.82 Å². The van der Waals surface area contributed by atoms with Gasteiger partial charge in [0.25, 0.3) is 5.91 Å². The molecule has 0 radical (unpaired) electrons. The highest BCUT2D eigenvalue weighted by Gasteiger charge is 2.13. The molecule has 0 spiro atoms. The van der Waals surface area contributed by atoms with Crippen LogP contribution in [0.15, 0.2) is 60.8 Å². The first-order valence-electron chi connectivity index (χ1n) is 8.35. The number of hydrogen-bond donors (Lipinski definition) is 1. The van der Waals surface area contributed by atoms with Gasteiger partial charge in [-0.3, -0.25) is 9.78 Å². The Morgan fingerprint density at radius 1 is 1.00 bits per heavy atom. The van der Waals surface area contributed by atoms with Crippen molar-refractivity contribution in [3.63, 3.8) is 0 Å². The number of rotatable bonds is 3. The number of amides is 1. The molecule has 1 aromatic heterocycles. The molecule has 1 aliphatic rings. The van der Waals surface area contributed by atoms with Crippen LogP contribution in [-0.4, -0.2) is 10.9 Å². The Balaban J connectivity index is 1.52. The Labute approximate surface area is 145 Å². The van der Waals surface area contributed by atoms with Crippen LogP contribution in [0.1, 0.15) is 27.9 Å². The molecule has 2 aromatic carbocycles. The van der Waals surface area contributed by atoms with E-state index < -0.39 is 0 Å². The molecule has 0 fully saturated rings. The number of halogens is 1. The van der Waals surface area contributed by atoms with E-state index in [2.05, 4.69) is 16.4 Å². The van der Waals surface area contributed by atoms with Crippen LogP contribution in [0.2, 0.25) is 0 Å². The van der Waals surface area contributed by atoms with Gasteiger partial charge < -0.3 is 5.32 Å². The summed E-state index contributed by atoms with van der Waals surface area (Å²) < 4.78 is 13.8. The van der Waals surface area contributed by atoms with Gasteiger partial charge in [-0.15, -0.1) is 0 Å². The number of nitrogens with zero attached hydrogens (tertiary/aromatic N) is 1. The fourth-order valence-electron chi connectivity index (χ4n) is 3.21. The summed E-state index contributed by atoms with van der Waals surface area (Å²) in [5.41, 5.74) is 4.85. The van der Waals surface area contributed by atoms with Gasteiger partial charge >= 0.3 is 0 Å². The second-order valence-corrected chi connectivity index (χ2v) is 6.20. The molecule has 124 valence electrons. The van der Waals surface area contributed by atoms with E-state index in [1.54, 1.807) is 30.3 Å². The van der Waals surface area contributed by atoms with Crippen LogP contribution < -0.4 is 5.32 Å². The lowest BCUT2D eigenvalue weighted by atomic mass is 10.1. The molecule has 0 saturated carbocycles. The largest absolute Gasteiger partial charge is 0.322 e. The van der Waals surface area contributed by atoms with Crippen molar-refractivity contribution < 1.29 is 9.18 Å². The third kappa shape index (κ3) is 3.15. The van der Waals surface area contributed by atoms with Crippen molar-refractivity contribution in [3.05, 3.63) is 83.3 Å². The predicted molar refractivity (Wildman–Crippen MR) is 96.1 cm³/mol. The fraction of sp³-hybridized carbons (Fsp3) is 0.143. The molecule has 1 N–H and O–H groups in total. The summed E-state index contributed by atoms with van der Waals surface area (Å²) in [7, 11) is 0. The lowest BCUT2D eigenvalue weighted by Crippen LogP contribution is -2.12. The number of anilines is 1. The Morgan fingerprint density at radius 2 is 1.84 bits per heavy atom. The van der Waals surface area contributed by atoms with Crippen LogP contribution in [-0.2, 0) is 12.8 Å². The number of aromatic nitrogens is 1. The number of benzene rings is 2. The average molecular weight is 332 g/mol. The molecule has 0 atom stereocenters. The third-order valence-electron chi connectivity index (χ3n) is 4.53. The lowest BCUT2D eigenvalue weighted by Gasteiger charge is -2.08. The Kier molecular flexibility index (Phi) is 4.02. The molecule has 1 aliphatic carbocycles. The molecule has 0 unspecified atom stereocenters. The van der Waals surface area contributed by atoms with Gasteiger partial charge in [-0.1, -0.05) is 18.2 Å². The molecule has 1 amide bonds. The Hall–Kier alpha value is -3.01. The van der Waals surface area contributed by atoms with E-state index in [4.69, 9.17) is 0 Å². The minimum atomic E-state index is -0.328. The number of hydrogen-bond acceptors (Lipinski definition) is 2. The maximum absolute atomic E-state index is 13.8. The maximum atomic E-state index is 13.8. The monoisotopic (exact) mass is 332 g/mol. The molecule has 0 bridgehead atoms. The predicted octanol–water partition coefficient (Wildman–Crippen LogP) is 4.63. The van der Waals surface area contributed by atoms with Gasteiger partial charge in [0.15, 0.2) is 0 Å². The van der Waals surface area contributed by atoms with E-state index in [9.17, 15) is 9.18 Å². The molecule has 4 heteroatoms. The standard InChI is InChI=1S/C21H17FN2O/c22-19-7-2-1-6-18(19)20-11-9-16(13-23-20)21(25)24-17-10-8-14-4-3-5-15(14)12-17/h1-2,6-13H,3-5H2,(H,24,25).